The van der Waals surface area contributed by atoms with E-state index in [2.05, 4.69) is 0 Å². The number of benzene rings is 1. The lowest BCUT2D eigenvalue weighted by atomic mass is 10.1. The van der Waals surface area contributed by atoms with E-state index in [4.69, 9.17) is 0 Å². The molecule has 0 saturated carbocycles. The first-order valence-corrected chi connectivity index (χ1v) is 4.94. The minimum atomic E-state index is 0.737. The van der Waals surface area contributed by atoms with Gasteiger partial charge in [-0.05, 0) is 32.0 Å². The third-order valence-corrected chi connectivity index (χ3v) is 2.41. The van der Waals surface area contributed by atoms with Crippen LogP contribution in [0.3, 0.4) is 0 Å². The van der Waals surface area contributed by atoms with Gasteiger partial charge in [-0.25, -0.2) is 0 Å². The normalized spacial score (nSPS) is 10.3. The third kappa shape index (κ3) is 1.84. The topological polar surface area (TPSA) is 26.9 Å². The Bertz CT molecular complexity index is 454. The van der Waals surface area contributed by atoms with Crippen LogP contribution in [-0.2, 0) is 0 Å². The maximum absolute atomic E-state index is 11.8. The lowest BCUT2D eigenvalue weighted by molar-refractivity contribution is -0.594. The number of aryl methyl sites for hydroxylation is 2. The molecule has 0 aliphatic carbocycles. The SMILES string of the molecule is Cc1cc(C)c(-c2ccccc2)[n+]([O-])c1. The van der Waals surface area contributed by atoms with Crippen molar-refractivity contribution in [1.29, 1.82) is 0 Å². The number of hydrogen-bond donors (Lipinski definition) is 0. The van der Waals surface area contributed by atoms with Crippen LogP contribution >= 0.6 is 0 Å². The van der Waals surface area contributed by atoms with Crippen LogP contribution in [0, 0.1) is 19.1 Å². The first kappa shape index (κ1) is 9.71. The summed E-state index contributed by atoms with van der Waals surface area (Å²) in [7, 11) is 0. The standard InChI is InChI=1S/C13H13NO/c1-10-8-11(2)13(14(15)9-10)12-6-4-3-5-7-12/h3-9H,1-2H3. The van der Waals surface area contributed by atoms with Gasteiger partial charge in [0.05, 0.1) is 0 Å². The molecular formula is C13H13NO. The highest BCUT2D eigenvalue weighted by atomic mass is 16.5. The first-order valence-electron chi connectivity index (χ1n) is 4.94. The molecule has 0 amide bonds. The number of hydrogen-bond acceptors (Lipinski definition) is 1. The van der Waals surface area contributed by atoms with Gasteiger partial charge in [0.2, 0.25) is 5.69 Å². The van der Waals surface area contributed by atoms with Gasteiger partial charge in [-0.1, -0.05) is 18.2 Å². The fourth-order valence-electron chi connectivity index (χ4n) is 1.82. The zero-order valence-electron chi connectivity index (χ0n) is 8.90. The monoisotopic (exact) mass is 199 g/mol. The van der Waals surface area contributed by atoms with Crippen molar-refractivity contribution in [3.63, 3.8) is 0 Å². The predicted molar refractivity (Wildman–Crippen MR) is 60.3 cm³/mol. The van der Waals surface area contributed by atoms with E-state index in [0.717, 1.165) is 27.1 Å². The molecule has 0 radical (unpaired) electrons. The molecule has 2 heteroatoms. The molecule has 0 aliphatic heterocycles. The van der Waals surface area contributed by atoms with Crippen LogP contribution in [0.1, 0.15) is 11.1 Å². The van der Waals surface area contributed by atoms with Crippen molar-refractivity contribution in [3.05, 3.63) is 58.9 Å². The van der Waals surface area contributed by atoms with Crippen molar-refractivity contribution < 1.29 is 4.73 Å². The zero-order chi connectivity index (χ0) is 10.8. The van der Waals surface area contributed by atoms with Crippen LogP contribution < -0.4 is 4.73 Å². The quantitative estimate of drug-likeness (QED) is 0.512. The smallest absolute Gasteiger partial charge is 0.226 e. The Balaban J connectivity index is 2.64. The average Bonchev–Trinajstić information content (AvgIpc) is 2.17. The molecule has 0 unspecified atom stereocenters. The summed E-state index contributed by atoms with van der Waals surface area (Å²) in [4.78, 5) is 0. The van der Waals surface area contributed by atoms with Gasteiger partial charge in [-0.15, -0.1) is 0 Å². The summed E-state index contributed by atoms with van der Waals surface area (Å²) in [5.74, 6) is 0. The lowest BCUT2D eigenvalue weighted by Crippen LogP contribution is -2.30. The van der Waals surface area contributed by atoms with E-state index in [1.54, 1.807) is 6.20 Å². The van der Waals surface area contributed by atoms with Crippen LogP contribution in [-0.4, -0.2) is 0 Å². The van der Waals surface area contributed by atoms with Gasteiger partial charge in [0, 0.05) is 16.7 Å². The van der Waals surface area contributed by atoms with E-state index >= 15 is 0 Å². The van der Waals surface area contributed by atoms with Crippen molar-refractivity contribution in [1.82, 2.24) is 0 Å². The van der Waals surface area contributed by atoms with E-state index in [-0.39, 0.29) is 0 Å². The summed E-state index contributed by atoms with van der Waals surface area (Å²) in [5, 5.41) is 11.8. The molecule has 1 aromatic heterocycles. The molecule has 0 fully saturated rings. The average molecular weight is 199 g/mol. The van der Waals surface area contributed by atoms with E-state index in [0.29, 0.717) is 0 Å². The van der Waals surface area contributed by atoms with Crippen molar-refractivity contribution in [2.45, 2.75) is 13.8 Å². The number of nitrogens with zero attached hydrogens (tertiary/aromatic N) is 1. The molecule has 1 aromatic carbocycles. The summed E-state index contributed by atoms with van der Waals surface area (Å²) in [5.41, 5.74) is 3.70. The van der Waals surface area contributed by atoms with Gasteiger partial charge in [0.25, 0.3) is 0 Å². The second kappa shape index (κ2) is 3.73. The first-order chi connectivity index (χ1) is 7.18. The highest BCUT2D eigenvalue weighted by molar-refractivity contribution is 5.59. The Morgan fingerprint density at radius 2 is 1.73 bits per heavy atom. The minimum absolute atomic E-state index is 0.737. The number of pyridine rings is 1. The zero-order valence-corrected chi connectivity index (χ0v) is 8.90. The maximum atomic E-state index is 11.8. The summed E-state index contributed by atoms with van der Waals surface area (Å²) < 4.78 is 0.944. The molecule has 0 aliphatic rings. The van der Waals surface area contributed by atoms with E-state index in [9.17, 15) is 5.21 Å². The molecule has 2 rings (SSSR count). The number of aromatic nitrogens is 1. The fraction of sp³-hybridized carbons (Fsp3) is 0.154. The van der Waals surface area contributed by atoms with E-state index < -0.39 is 0 Å². The van der Waals surface area contributed by atoms with Gasteiger partial charge in [0.15, 0.2) is 6.20 Å². The van der Waals surface area contributed by atoms with Gasteiger partial charge in [0.1, 0.15) is 0 Å². The Labute approximate surface area is 89.4 Å². The molecule has 2 aromatic rings. The van der Waals surface area contributed by atoms with Crippen LogP contribution in [0.15, 0.2) is 42.6 Å². The summed E-state index contributed by atoms with van der Waals surface area (Å²) >= 11 is 0. The lowest BCUT2D eigenvalue weighted by Gasteiger charge is -2.08. The third-order valence-electron chi connectivity index (χ3n) is 2.41. The summed E-state index contributed by atoms with van der Waals surface area (Å²) in [6.07, 6.45) is 1.61. The van der Waals surface area contributed by atoms with Gasteiger partial charge in [-0.2, -0.15) is 4.73 Å². The van der Waals surface area contributed by atoms with Crippen LogP contribution in [0.2, 0.25) is 0 Å². The summed E-state index contributed by atoms with van der Waals surface area (Å²) in [6.45, 7) is 3.89. The Kier molecular flexibility index (Phi) is 2.42. The Morgan fingerprint density at radius 1 is 1.07 bits per heavy atom. The van der Waals surface area contributed by atoms with Crippen LogP contribution in [0.4, 0.5) is 0 Å². The second-order valence-electron chi connectivity index (χ2n) is 3.74. The second-order valence-corrected chi connectivity index (χ2v) is 3.74. The molecule has 0 bridgehead atoms. The molecule has 1 heterocycles. The number of rotatable bonds is 1. The van der Waals surface area contributed by atoms with E-state index in [1.807, 2.05) is 50.2 Å². The Morgan fingerprint density at radius 3 is 2.33 bits per heavy atom. The van der Waals surface area contributed by atoms with Crippen LogP contribution in [0.5, 0.6) is 0 Å². The minimum Gasteiger partial charge on any atom is -0.618 e. The van der Waals surface area contributed by atoms with Crippen molar-refractivity contribution in [2.75, 3.05) is 0 Å². The molecule has 0 saturated heterocycles. The highest BCUT2D eigenvalue weighted by Crippen LogP contribution is 2.19. The van der Waals surface area contributed by atoms with Crippen molar-refractivity contribution in [3.8, 4) is 11.3 Å². The predicted octanol–water partition coefficient (Wildman–Crippen LogP) is 2.60. The van der Waals surface area contributed by atoms with E-state index in [1.165, 1.54) is 0 Å². The fourth-order valence-corrected chi connectivity index (χ4v) is 1.82. The molecule has 15 heavy (non-hydrogen) atoms. The van der Waals surface area contributed by atoms with Gasteiger partial charge in [-0.3, -0.25) is 0 Å². The highest BCUT2D eigenvalue weighted by Gasteiger charge is 2.12. The van der Waals surface area contributed by atoms with Crippen molar-refractivity contribution >= 4 is 0 Å². The molecule has 0 atom stereocenters. The van der Waals surface area contributed by atoms with Gasteiger partial charge >= 0.3 is 0 Å². The summed E-state index contributed by atoms with van der Waals surface area (Å²) in [6, 6.07) is 11.8. The largest absolute Gasteiger partial charge is 0.618 e. The van der Waals surface area contributed by atoms with Crippen molar-refractivity contribution in [2.24, 2.45) is 0 Å². The molecule has 0 spiro atoms. The molecular weight excluding hydrogens is 186 g/mol. The molecule has 2 nitrogen and oxygen atoms in total. The maximum Gasteiger partial charge on any atom is 0.226 e. The van der Waals surface area contributed by atoms with Gasteiger partial charge < -0.3 is 5.21 Å². The molecule has 0 N–H and O–H groups in total. The Hall–Kier alpha value is -1.83. The molecule has 76 valence electrons. The van der Waals surface area contributed by atoms with Crippen LogP contribution in [0.25, 0.3) is 11.3 Å².